The van der Waals surface area contributed by atoms with Crippen LogP contribution in [0, 0.1) is 0 Å². The minimum Gasteiger partial charge on any atom is -0.481 e. The molecule has 1 rings (SSSR count). The highest BCUT2D eigenvalue weighted by Gasteiger charge is 2.11. The third-order valence-corrected chi connectivity index (χ3v) is 2.49. The molecule has 0 aliphatic heterocycles. The Labute approximate surface area is 114 Å². The Morgan fingerprint density at radius 1 is 1.21 bits per heavy atom. The zero-order valence-electron chi connectivity index (χ0n) is 10.2. The van der Waals surface area contributed by atoms with E-state index < -0.39 is 18.3 Å². The fourth-order valence-corrected chi connectivity index (χ4v) is 1.44. The lowest BCUT2D eigenvalue weighted by atomic mass is 10.2. The molecule has 1 aromatic rings. The highest BCUT2D eigenvalue weighted by atomic mass is 35.5. The molecule has 7 heteroatoms. The summed E-state index contributed by atoms with van der Waals surface area (Å²) < 4.78 is 0. The van der Waals surface area contributed by atoms with Gasteiger partial charge in [-0.2, -0.15) is 0 Å². The van der Waals surface area contributed by atoms with Crippen LogP contribution in [0.15, 0.2) is 18.2 Å². The van der Waals surface area contributed by atoms with Crippen LogP contribution in [0.3, 0.4) is 0 Å². The third-order valence-electron chi connectivity index (χ3n) is 2.16. The zero-order chi connectivity index (χ0) is 14.4. The van der Waals surface area contributed by atoms with E-state index in [-0.39, 0.29) is 16.6 Å². The van der Waals surface area contributed by atoms with Gasteiger partial charge in [0.25, 0.3) is 0 Å². The third kappa shape index (κ3) is 4.97. The van der Waals surface area contributed by atoms with Crippen molar-refractivity contribution in [2.24, 2.45) is 0 Å². The first-order valence-corrected chi connectivity index (χ1v) is 5.91. The van der Waals surface area contributed by atoms with Crippen molar-refractivity contribution >= 4 is 40.8 Å². The number of amides is 2. The average molecular weight is 285 g/mol. The molecule has 3 N–H and O–H groups in total. The van der Waals surface area contributed by atoms with E-state index in [4.69, 9.17) is 16.7 Å². The molecule has 1 aromatic carbocycles. The molecule has 0 unspecified atom stereocenters. The van der Waals surface area contributed by atoms with Gasteiger partial charge in [0.15, 0.2) is 0 Å². The first-order chi connectivity index (χ1) is 8.92. The standard InChI is InChI=1S/C12H13ClN2O4/c1-2-10(16)14-7-3-4-8(13)9(5-7)15-11(17)6-12(18)19/h3-5H,2,6H2,1H3,(H,14,16)(H,15,17)(H,18,19). The molecule has 2 amide bonds. The normalized spacial score (nSPS) is 9.79. The lowest BCUT2D eigenvalue weighted by Gasteiger charge is -2.09. The zero-order valence-corrected chi connectivity index (χ0v) is 11.0. The van der Waals surface area contributed by atoms with Gasteiger partial charge in [-0.3, -0.25) is 14.4 Å². The number of aliphatic carboxylic acids is 1. The Bertz CT molecular complexity index is 516. The van der Waals surface area contributed by atoms with Gasteiger partial charge in [0.05, 0.1) is 10.7 Å². The van der Waals surface area contributed by atoms with Crippen molar-refractivity contribution in [3.63, 3.8) is 0 Å². The lowest BCUT2D eigenvalue weighted by molar-refractivity contribution is -0.139. The predicted octanol–water partition coefficient (Wildman–Crippen LogP) is 2.10. The maximum atomic E-state index is 11.3. The molecule has 19 heavy (non-hydrogen) atoms. The van der Waals surface area contributed by atoms with Crippen LogP contribution in [0.1, 0.15) is 19.8 Å². The van der Waals surface area contributed by atoms with Crippen molar-refractivity contribution < 1.29 is 19.5 Å². The molecule has 0 fully saturated rings. The van der Waals surface area contributed by atoms with Crippen molar-refractivity contribution in [3.05, 3.63) is 23.2 Å². The SMILES string of the molecule is CCC(=O)Nc1ccc(Cl)c(NC(=O)CC(=O)O)c1. The smallest absolute Gasteiger partial charge is 0.312 e. The van der Waals surface area contributed by atoms with Crippen molar-refractivity contribution in [3.8, 4) is 0 Å². The van der Waals surface area contributed by atoms with Gasteiger partial charge in [0.1, 0.15) is 6.42 Å². The number of benzene rings is 1. The highest BCUT2D eigenvalue weighted by Crippen LogP contribution is 2.25. The van der Waals surface area contributed by atoms with Gasteiger partial charge < -0.3 is 15.7 Å². The molecule has 0 atom stereocenters. The molecule has 0 aliphatic carbocycles. The molecular formula is C12H13ClN2O4. The van der Waals surface area contributed by atoms with Crippen molar-refractivity contribution in [2.45, 2.75) is 19.8 Å². The lowest BCUT2D eigenvalue weighted by Crippen LogP contribution is -2.16. The number of carboxylic acids is 1. The first kappa shape index (κ1) is 15.0. The topological polar surface area (TPSA) is 95.5 Å². The molecule has 0 bridgehead atoms. The molecule has 0 spiro atoms. The van der Waals surface area contributed by atoms with E-state index in [1.54, 1.807) is 13.0 Å². The molecule has 0 aliphatic rings. The summed E-state index contributed by atoms with van der Waals surface area (Å²) in [5, 5.41) is 13.7. The van der Waals surface area contributed by atoms with Crippen LogP contribution >= 0.6 is 11.6 Å². The van der Waals surface area contributed by atoms with Crippen molar-refractivity contribution in [1.29, 1.82) is 0 Å². The van der Waals surface area contributed by atoms with Crippen LogP contribution in [0.5, 0.6) is 0 Å². The van der Waals surface area contributed by atoms with Crippen LogP contribution in [0.2, 0.25) is 5.02 Å². The monoisotopic (exact) mass is 284 g/mol. The average Bonchev–Trinajstić information content (AvgIpc) is 2.32. The predicted molar refractivity (Wildman–Crippen MR) is 71.3 cm³/mol. The largest absolute Gasteiger partial charge is 0.481 e. The van der Waals surface area contributed by atoms with Crippen LogP contribution in [0.4, 0.5) is 11.4 Å². The number of anilines is 2. The second kappa shape index (κ2) is 6.75. The highest BCUT2D eigenvalue weighted by molar-refractivity contribution is 6.34. The molecule has 0 saturated heterocycles. The number of hydrogen-bond acceptors (Lipinski definition) is 3. The quantitative estimate of drug-likeness (QED) is 0.722. The summed E-state index contributed by atoms with van der Waals surface area (Å²) in [4.78, 5) is 32.9. The number of halogens is 1. The molecule has 0 heterocycles. The van der Waals surface area contributed by atoms with Crippen LogP contribution in [0.25, 0.3) is 0 Å². The minimum absolute atomic E-state index is 0.176. The Balaban J connectivity index is 2.82. The molecule has 0 aromatic heterocycles. The van der Waals surface area contributed by atoms with Crippen LogP contribution in [-0.2, 0) is 14.4 Å². The maximum Gasteiger partial charge on any atom is 0.312 e. The van der Waals surface area contributed by atoms with E-state index in [0.717, 1.165) is 0 Å². The van der Waals surface area contributed by atoms with Gasteiger partial charge in [-0.25, -0.2) is 0 Å². The van der Waals surface area contributed by atoms with E-state index in [1.165, 1.54) is 12.1 Å². The Hall–Kier alpha value is -2.08. The fourth-order valence-electron chi connectivity index (χ4n) is 1.28. The summed E-state index contributed by atoms with van der Waals surface area (Å²) >= 11 is 5.87. The Morgan fingerprint density at radius 3 is 2.47 bits per heavy atom. The van der Waals surface area contributed by atoms with Gasteiger partial charge in [0, 0.05) is 12.1 Å². The van der Waals surface area contributed by atoms with Crippen molar-refractivity contribution in [1.82, 2.24) is 0 Å². The van der Waals surface area contributed by atoms with Crippen molar-refractivity contribution in [2.75, 3.05) is 10.6 Å². The molecule has 6 nitrogen and oxygen atoms in total. The van der Waals surface area contributed by atoms with E-state index in [1.807, 2.05) is 0 Å². The molecular weight excluding hydrogens is 272 g/mol. The summed E-state index contributed by atoms with van der Waals surface area (Å²) in [6, 6.07) is 4.56. The maximum absolute atomic E-state index is 11.3. The minimum atomic E-state index is -1.23. The Kier molecular flexibility index (Phi) is 5.32. The molecule has 102 valence electrons. The number of carbonyl (C=O) groups is 3. The van der Waals surface area contributed by atoms with E-state index in [2.05, 4.69) is 10.6 Å². The number of hydrogen-bond donors (Lipinski definition) is 3. The summed E-state index contributed by atoms with van der Waals surface area (Å²) in [7, 11) is 0. The van der Waals surface area contributed by atoms with Gasteiger partial charge >= 0.3 is 5.97 Å². The van der Waals surface area contributed by atoms with Crippen LogP contribution in [-0.4, -0.2) is 22.9 Å². The van der Waals surface area contributed by atoms with E-state index >= 15 is 0 Å². The Morgan fingerprint density at radius 2 is 1.89 bits per heavy atom. The summed E-state index contributed by atoms with van der Waals surface area (Å²) in [5.41, 5.74) is 0.726. The summed E-state index contributed by atoms with van der Waals surface area (Å²) in [6.07, 6.45) is -0.328. The fraction of sp³-hybridized carbons (Fsp3) is 0.250. The van der Waals surface area contributed by atoms with Gasteiger partial charge in [-0.05, 0) is 18.2 Å². The number of carboxylic acid groups (broad SMARTS) is 1. The first-order valence-electron chi connectivity index (χ1n) is 5.53. The summed E-state index contributed by atoms with van der Waals surface area (Å²) in [6.45, 7) is 1.71. The van der Waals surface area contributed by atoms with E-state index in [9.17, 15) is 14.4 Å². The number of carbonyl (C=O) groups excluding carboxylic acids is 2. The van der Waals surface area contributed by atoms with Gasteiger partial charge in [-0.15, -0.1) is 0 Å². The second-order valence-electron chi connectivity index (χ2n) is 3.72. The van der Waals surface area contributed by atoms with Crippen LogP contribution < -0.4 is 10.6 Å². The molecule has 0 radical (unpaired) electrons. The molecule has 0 saturated carbocycles. The van der Waals surface area contributed by atoms with Gasteiger partial charge in [0.2, 0.25) is 11.8 Å². The second-order valence-corrected chi connectivity index (χ2v) is 4.12. The van der Waals surface area contributed by atoms with Gasteiger partial charge in [-0.1, -0.05) is 18.5 Å². The summed E-state index contributed by atoms with van der Waals surface area (Å²) in [5.74, 6) is -2.09. The number of rotatable bonds is 5. The number of nitrogens with one attached hydrogen (secondary N) is 2. The van der Waals surface area contributed by atoms with E-state index in [0.29, 0.717) is 12.1 Å².